The second-order valence-corrected chi connectivity index (χ2v) is 4.67. The highest BCUT2D eigenvalue weighted by Gasteiger charge is 2.37. The van der Waals surface area contributed by atoms with Crippen molar-refractivity contribution in [1.82, 2.24) is 0 Å². The van der Waals surface area contributed by atoms with E-state index in [0.717, 1.165) is 12.8 Å². The Kier molecular flexibility index (Phi) is 3.55. The molecule has 76 valence electrons. The molecule has 0 amide bonds. The maximum absolute atomic E-state index is 10.4. The van der Waals surface area contributed by atoms with E-state index in [4.69, 9.17) is 0 Å². The van der Waals surface area contributed by atoms with Crippen molar-refractivity contribution in [2.45, 2.75) is 51.6 Å². The molecule has 1 rings (SSSR count). The maximum atomic E-state index is 10.4. The molecule has 0 aromatic rings. The SMILES string of the molecule is C=CC(C(C)C)C1(O)CCCCC1. The van der Waals surface area contributed by atoms with Crippen molar-refractivity contribution in [3.63, 3.8) is 0 Å². The van der Waals surface area contributed by atoms with Gasteiger partial charge in [0.25, 0.3) is 0 Å². The van der Waals surface area contributed by atoms with Crippen LogP contribution in [0.3, 0.4) is 0 Å². The van der Waals surface area contributed by atoms with Gasteiger partial charge >= 0.3 is 0 Å². The summed E-state index contributed by atoms with van der Waals surface area (Å²) in [5.74, 6) is 0.772. The average Bonchev–Trinajstić information content (AvgIpc) is 2.05. The molecule has 1 unspecified atom stereocenters. The highest BCUT2D eigenvalue weighted by Crippen LogP contribution is 2.38. The quantitative estimate of drug-likeness (QED) is 0.665. The molecule has 0 saturated heterocycles. The largest absolute Gasteiger partial charge is 0.389 e. The second-order valence-electron chi connectivity index (χ2n) is 4.67. The van der Waals surface area contributed by atoms with Crippen LogP contribution in [0.1, 0.15) is 46.0 Å². The Morgan fingerprint density at radius 1 is 1.23 bits per heavy atom. The van der Waals surface area contributed by atoms with Crippen molar-refractivity contribution >= 4 is 0 Å². The standard InChI is InChI=1S/C12H22O/c1-4-11(10(2)3)12(13)8-6-5-7-9-12/h4,10-11,13H,1,5-9H2,2-3H3. The Labute approximate surface area is 81.9 Å². The number of aliphatic hydroxyl groups is 1. The van der Waals surface area contributed by atoms with E-state index in [1.54, 1.807) is 0 Å². The molecule has 0 heterocycles. The van der Waals surface area contributed by atoms with Crippen LogP contribution in [0.25, 0.3) is 0 Å². The Morgan fingerprint density at radius 3 is 2.15 bits per heavy atom. The highest BCUT2D eigenvalue weighted by molar-refractivity contribution is 4.98. The molecule has 1 heteroatoms. The number of hydrogen-bond acceptors (Lipinski definition) is 1. The van der Waals surface area contributed by atoms with E-state index in [2.05, 4.69) is 20.4 Å². The number of rotatable bonds is 3. The van der Waals surface area contributed by atoms with Crippen LogP contribution in [0.5, 0.6) is 0 Å². The van der Waals surface area contributed by atoms with Gasteiger partial charge in [0.05, 0.1) is 5.60 Å². The minimum atomic E-state index is -0.450. The van der Waals surface area contributed by atoms with Gasteiger partial charge in [-0.25, -0.2) is 0 Å². The molecule has 1 aliphatic carbocycles. The van der Waals surface area contributed by atoms with Crippen molar-refractivity contribution in [3.8, 4) is 0 Å². The number of hydrogen-bond donors (Lipinski definition) is 1. The summed E-state index contributed by atoms with van der Waals surface area (Å²) in [4.78, 5) is 0. The van der Waals surface area contributed by atoms with E-state index >= 15 is 0 Å². The van der Waals surface area contributed by atoms with Crippen LogP contribution >= 0.6 is 0 Å². The van der Waals surface area contributed by atoms with E-state index < -0.39 is 5.60 Å². The van der Waals surface area contributed by atoms with Crippen molar-refractivity contribution in [2.24, 2.45) is 11.8 Å². The molecule has 0 aliphatic heterocycles. The maximum Gasteiger partial charge on any atom is 0.0712 e. The van der Waals surface area contributed by atoms with Crippen LogP contribution in [-0.4, -0.2) is 10.7 Å². The van der Waals surface area contributed by atoms with Crippen LogP contribution in [0.4, 0.5) is 0 Å². The third-order valence-electron chi connectivity index (χ3n) is 3.31. The smallest absolute Gasteiger partial charge is 0.0712 e. The Bertz CT molecular complexity index is 166. The normalized spacial score (nSPS) is 24.3. The Morgan fingerprint density at radius 2 is 1.77 bits per heavy atom. The topological polar surface area (TPSA) is 20.2 Å². The van der Waals surface area contributed by atoms with Crippen molar-refractivity contribution in [1.29, 1.82) is 0 Å². The van der Waals surface area contributed by atoms with Crippen molar-refractivity contribution in [3.05, 3.63) is 12.7 Å². The van der Waals surface area contributed by atoms with E-state index in [1.807, 2.05) is 6.08 Å². The third-order valence-corrected chi connectivity index (χ3v) is 3.31. The fourth-order valence-corrected chi connectivity index (χ4v) is 2.61. The first-order valence-electron chi connectivity index (χ1n) is 5.45. The van der Waals surface area contributed by atoms with E-state index in [1.165, 1.54) is 19.3 Å². The molecule has 13 heavy (non-hydrogen) atoms. The molecule has 1 N–H and O–H groups in total. The van der Waals surface area contributed by atoms with Gasteiger partial charge in [0.2, 0.25) is 0 Å². The molecular weight excluding hydrogens is 160 g/mol. The van der Waals surface area contributed by atoms with E-state index in [9.17, 15) is 5.11 Å². The van der Waals surface area contributed by atoms with Crippen LogP contribution in [-0.2, 0) is 0 Å². The fourth-order valence-electron chi connectivity index (χ4n) is 2.61. The molecule has 0 radical (unpaired) electrons. The van der Waals surface area contributed by atoms with Crippen molar-refractivity contribution in [2.75, 3.05) is 0 Å². The molecule has 1 saturated carbocycles. The molecule has 0 aromatic carbocycles. The van der Waals surface area contributed by atoms with Gasteiger partial charge in [-0.05, 0) is 18.8 Å². The van der Waals surface area contributed by atoms with Crippen LogP contribution in [0, 0.1) is 11.8 Å². The lowest BCUT2D eigenvalue weighted by Crippen LogP contribution is -2.41. The third kappa shape index (κ3) is 2.34. The van der Waals surface area contributed by atoms with E-state index in [0.29, 0.717) is 5.92 Å². The predicted molar refractivity (Wildman–Crippen MR) is 56.6 cm³/mol. The second kappa shape index (κ2) is 4.28. The zero-order valence-electron chi connectivity index (χ0n) is 8.92. The zero-order chi connectivity index (χ0) is 9.90. The minimum absolute atomic E-state index is 0.271. The summed E-state index contributed by atoms with van der Waals surface area (Å²) >= 11 is 0. The van der Waals surface area contributed by atoms with Gasteiger partial charge in [-0.3, -0.25) is 0 Å². The highest BCUT2D eigenvalue weighted by atomic mass is 16.3. The summed E-state index contributed by atoms with van der Waals surface area (Å²) < 4.78 is 0. The summed E-state index contributed by atoms with van der Waals surface area (Å²) in [6.07, 6.45) is 7.49. The van der Waals surface area contributed by atoms with Gasteiger partial charge in [-0.1, -0.05) is 39.2 Å². The average molecular weight is 182 g/mol. The van der Waals surface area contributed by atoms with Gasteiger partial charge in [-0.15, -0.1) is 6.58 Å². The predicted octanol–water partition coefficient (Wildman–Crippen LogP) is 3.14. The molecule has 0 spiro atoms. The fraction of sp³-hybridized carbons (Fsp3) is 0.833. The zero-order valence-corrected chi connectivity index (χ0v) is 8.92. The summed E-state index contributed by atoms with van der Waals surface area (Å²) in [5, 5.41) is 10.4. The summed E-state index contributed by atoms with van der Waals surface area (Å²) in [7, 11) is 0. The monoisotopic (exact) mass is 182 g/mol. The molecular formula is C12H22O. The molecule has 1 aliphatic rings. The first-order valence-corrected chi connectivity index (χ1v) is 5.45. The van der Waals surface area contributed by atoms with E-state index in [-0.39, 0.29) is 5.92 Å². The van der Waals surface area contributed by atoms with Gasteiger partial charge in [0.1, 0.15) is 0 Å². The Balaban J connectivity index is 2.68. The van der Waals surface area contributed by atoms with Crippen LogP contribution in [0.15, 0.2) is 12.7 Å². The molecule has 0 aromatic heterocycles. The minimum Gasteiger partial charge on any atom is -0.389 e. The summed E-state index contributed by atoms with van der Waals surface area (Å²) in [6.45, 7) is 8.17. The van der Waals surface area contributed by atoms with Crippen LogP contribution < -0.4 is 0 Å². The lowest BCUT2D eigenvalue weighted by Gasteiger charge is -2.39. The van der Waals surface area contributed by atoms with Crippen molar-refractivity contribution < 1.29 is 5.11 Å². The Hall–Kier alpha value is -0.300. The lowest BCUT2D eigenvalue weighted by atomic mass is 9.71. The van der Waals surface area contributed by atoms with Gasteiger partial charge in [0, 0.05) is 5.92 Å². The molecule has 1 atom stereocenters. The first kappa shape index (κ1) is 10.8. The van der Waals surface area contributed by atoms with Gasteiger partial charge in [0.15, 0.2) is 0 Å². The molecule has 1 nitrogen and oxygen atoms in total. The lowest BCUT2D eigenvalue weighted by molar-refractivity contribution is -0.0468. The molecule has 0 bridgehead atoms. The van der Waals surface area contributed by atoms with Gasteiger partial charge < -0.3 is 5.11 Å². The first-order chi connectivity index (χ1) is 6.10. The molecule has 1 fully saturated rings. The van der Waals surface area contributed by atoms with Gasteiger partial charge in [-0.2, -0.15) is 0 Å². The van der Waals surface area contributed by atoms with Crippen LogP contribution in [0.2, 0.25) is 0 Å². The summed E-state index contributed by atoms with van der Waals surface area (Å²) in [5.41, 5.74) is -0.450. The summed E-state index contributed by atoms with van der Waals surface area (Å²) in [6, 6.07) is 0.